The summed E-state index contributed by atoms with van der Waals surface area (Å²) in [4.78, 5) is 0. The van der Waals surface area contributed by atoms with Crippen LogP contribution in [-0.2, 0) is 14.6 Å². The summed E-state index contributed by atoms with van der Waals surface area (Å²) >= 11 is 7.95. The molecule has 3 nitrogen and oxygen atoms in total. The number of thiophene rings is 1. The van der Waals surface area contributed by atoms with Crippen LogP contribution < -0.4 is 0 Å². The second-order valence-corrected chi connectivity index (χ2v) is 13.3. The average Bonchev–Trinajstić information content (AvgIpc) is 2.67. The first-order valence-electron chi connectivity index (χ1n) is 7.58. The van der Waals surface area contributed by atoms with Gasteiger partial charge in [0.25, 0.3) is 0 Å². The van der Waals surface area contributed by atoms with E-state index in [2.05, 4.69) is 52.6 Å². The molecule has 23 heavy (non-hydrogen) atoms. The van der Waals surface area contributed by atoms with E-state index in [1.54, 1.807) is 6.07 Å². The fraction of sp³-hybridized carbons (Fsp3) is 0.750. The lowest BCUT2D eigenvalue weighted by Crippen LogP contribution is -2.24. The van der Waals surface area contributed by atoms with Gasteiger partial charge < -0.3 is 4.74 Å². The molecule has 1 aromatic rings. The van der Waals surface area contributed by atoms with Crippen LogP contribution in [-0.4, -0.2) is 27.4 Å². The third-order valence-corrected chi connectivity index (χ3v) is 9.14. The Morgan fingerprint density at radius 1 is 1.17 bits per heavy atom. The zero-order valence-electron chi connectivity index (χ0n) is 14.4. The number of hydrogen-bond donors (Lipinski definition) is 0. The van der Waals surface area contributed by atoms with Crippen molar-refractivity contribution in [3.63, 3.8) is 0 Å². The minimum Gasteiger partial charge on any atom is -0.381 e. The first-order chi connectivity index (χ1) is 10.3. The second kappa shape index (κ2) is 8.30. The number of hydrogen-bond acceptors (Lipinski definition) is 4. The highest BCUT2D eigenvalue weighted by Gasteiger charge is 2.29. The fourth-order valence-corrected chi connectivity index (χ4v) is 6.96. The van der Waals surface area contributed by atoms with Gasteiger partial charge in [0.2, 0.25) is 0 Å². The number of rotatable bonds is 8. The molecule has 0 amide bonds. The van der Waals surface area contributed by atoms with Gasteiger partial charge >= 0.3 is 0 Å². The maximum absolute atomic E-state index is 12.6. The molecule has 0 atom stereocenters. The first-order valence-corrected chi connectivity index (χ1v) is 11.6. The van der Waals surface area contributed by atoms with Gasteiger partial charge in [0.05, 0.1) is 16.1 Å². The van der Waals surface area contributed by atoms with Crippen molar-refractivity contribution in [3.05, 3.63) is 14.3 Å². The Kier molecular flexibility index (Phi) is 7.80. The molecule has 0 saturated carbocycles. The van der Waals surface area contributed by atoms with E-state index in [0.717, 1.165) is 27.7 Å². The third-order valence-electron chi connectivity index (χ3n) is 3.19. The second-order valence-electron chi connectivity index (χ2n) is 7.83. The van der Waals surface area contributed by atoms with Crippen molar-refractivity contribution in [2.45, 2.75) is 51.7 Å². The van der Waals surface area contributed by atoms with Crippen LogP contribution >= 0.6 is 43.2 Å². The molecule has 1 aromatic heterocycles. The Bertz CT molecular complexity index is 594. The van der Waals surface area contributed by atoms with E-state index < -0.39 is 9.84 Å². The van der Waals surface area contributed by atoms with E-state index in [9.17, 15) is 8.42 Å². The molecule has 0 saturated heterocycles. The standard InChI is InChI=1S/C16H26Br2O3S2/c1-15(2,3)10-21-8-6-7-16(4,5)11-23(19,20)13-9-12(17)14(18)22-13/h9H,6-8,10-11H2,1-5H3. The predicted octanol–water partition coefficient (Wildman–Crippen LogP) is 5.92. The van der Waals surface area contributed by atoms with E-state index >= 15 is 0 Å². The molecule has 1 rings (SSSR count). The molecule has 0 unspecified atom stereocenters. The van der Waals surface area contributed by atoms with Crippen molar-refractivity contribution < 1.29 is 13.2 Å². The Hall–Kier alpha value is 0.570. The van der Waals surface area contributed by atoms with E-state index in [1.807, 2.05) is 13.8 Å². The van der Waals surface area contributed by atoms with Crippen molar-refractivity contribution in [3.8, 4) is 0 Å². The lowest BCUT2D eigenvalue weighted by Gasteiger charge is -2.24. The summed E-state index contributed by atoms with van der Waals surface area (Å²) in [6.45, 7) is 11.8. The molecular weight excluding hydrogens is 464 g/mol. The molecule has 0 aromatic carbocycles. The summed E-state index contributed by atoms with van der Waals surface area (Å²) in [5.74, 6) is 0.151. The van der Waals surface area contributed by atoms with Gasteiger partial charge in [-0.05, 0) is 61.6 Å². The lowest BCUT2D eigenvalue weighted by atomic mass is 9.90. The summed E-state index contributed by atoms with van der Waals surface area (Å²) in [6.07, 6.45) is 1.69. The minimum atomic E-state index is -3.27. The van der Waals surface area contributed by atoms with Crippen LogP contribution in [0.5, 0.6) is 0 Å². The van der Waals surface area contributed by atoms with Gasteiger partial charge in [-0.15, -0.1) is 11.3 Å². The monoisotopic (exact) mass is 488 g/mol. The van der Waals surface area contributed by atoms with Gasteiger partial charge in [0.15, 0.2) is 9.84 Å². The molecular formula is C16H26Br2O3S2. The molecule has 0 aliphatic heterocycles. The highest BCUT2D eigenvalue weighted by atomic mass is 79.9. The van der Waals surface area contributed by atoms with Crippen LogP contribution in [0, 0.1) is 10.8 Å². The SMILES string of the molecule is CC(C)(C)COCCCC(C)(C)CS(=O)(=O)c1cc(Br)c(Br)s1. The highest BCUT2D eigenvalue weighted by Crippen LogP contribution is 2.37. The average molecular weight is 490 g/mol. The van der Waals surface area contributed by atoms with Crippen molar-refractivity contribution >= 4 is 53.0 Å². The van der Waals surface area contributed by atoms with Gasteiger partial charge in [-0.1, -0.05) is 34.6 Å². The molecule has 0 fully saturated rings. The van der Waals surface area contributed by atoms with Gasteiger partial charge in [0.1, 0.15) is 4.21 Å². The third kappa shape index (κ3) is 7.99. The van der Waals surface area contributed by atoms with E-state index in [4.69, 9.17) is 4.74 Å². The quantitative estimate of drug-likeness (QED) is 0.426. The van der Waals surface area contributed by atoms with Crippen LogP contribution in [0.15, 0.2) is 18.5 Å². The van der Waals surface area contributed by atoms with Gasteiger partial charge in [-0.2, -0.15) is 0 Å². The molecule has 1 heterocycles. The lowest BCUT2D eigenvalue weighted by molar-refractivity contribution is 0.0649. The molecule has 0 spiro atoms. The Morgan fingerprint density at radius 3 is 2.26 bits per heavy atom. The largest absolute Gasteiger partial charge is 0.381 e. The zero-order chi connectivity index (χ0) is 17.9. The zero-order valence-corrected chi connectivity index (χ0v) is 19.2. The predicted molar refractivity (Wildman–Crippen MR) is 105 cm³/mol. The highest BCUT2D eigenvalue weighted by molar-refractivity contribution is 9.13. The van der Waals surface area contributed by atoms with E-state index in [-0.39, 0.29) is 16.6 Å². The normalized spacial score (nSPS) is 13.5. The smallest absolute Gasteiger partial charge is 0.188 e. The van der Waals surface area contributed by atoms with Crippen molar-refractivity contribution in [2.75, 3.05) is 19.0 Å². The Labute approximate surface area is 161 Å². The number of halogens is 2. The van der Waals surface area contributed by atoms with Crippen LogP contribution in [0.4, 0.5) is 0 Å². The van der Waals surface area contributed by atoms with Crippen molar-refractivity contribution in [1.82, 2.24) is 0 Å². The Morgan fingerprint density at radius 2 is 1.78 bits per heavy atom. The molecule has 0 aliphatic rings. The molecule has 0 aliphatic carbocycles. The molecule has 0 radical (unpaired) electrons. The summed E-state index contributed by atoms with van der Waals surface area (Å²) in [6, 6.07) is 1.67. The molecule has 0 N–H and O–H groups in total. The van der Waals surface area contributed by atoms with Crippen LogP contribution in [0.25, 0.3) is 0 Å². The van der Waals surface area contributed by atoms with E-state index in [0.29, 0.717) is 10.8 Å². The molecule has 134 valence electrons. The maximum atomic E-state index is 12.6. The topological polar surface area (TPSA) is 43.4 Å². The summed E-state index contributed by atoms with van der Waals surface area (Å²) in [5.41, 5.74) is -0.105. The van der Waals surface area contributed by atoms with Crippen LogP contribution in [0.1, 0.15) is 47.5 Å². The molecule has 7 heteroatoms. The van der Waals surface area contributed by atoms with Gasteiger partial charge in [-0.3, -0.25) is 0 Å². The number of ether oxygens (including phenoxy) is 1. The van der Waals surface area contributed by atoms with Crippen LogP contribution in [0.3, 0.4) is 0 Å². The minimum absolute atomic E-state index is 0.151. The summed E-state index contributed by atoms with van der Waals surface area (Å²) in [7, 11) is -3.27. The molecule has 0 bridgehead atoms. The van der Waals surface area contributed by atoms with Crippen LogP contribution in [0.2, 0.25) is 0 Å². The Balaban J connectivity index is 2.53. The van der Waals surface area contributed by atoms with Crippen molar-refractivity contribution in [2.24, 2.45) is 10.8 Å². The van der Waals surface area contributed by atoms with E-state index in [1.165, 1.54) is 11.3 Å². The summed E-state index contributed by atoms with van der Waals surface area (Å²) < 4.78 is 32.8. The summed E-state index contributed by atoms with van der Waals surface area (Å²) in [5, 5.41) is 0. The van der Waals surface area contributed by atoms with Gasteiger partial charge in [0, 0.05) is 11.1 Å². The maximum Gasteiger partial charge on any atom is 0.188 e. The van der Waals surface area contributed by atoms with Gasteiger partial charge in [-0.25, -0.2) is 8.42 Å². The fourth-order valence-electron chi connectivity index (χ4n) is 2.17. The number of sulfone groups is 1. The first kappa shape index (κ1) is 21.6. The van der Waals surface area contributed by atoms with Crippen molar-refractivity contribution in [1.29, 1.82) is 0 Å².